The van der Waals surface area contributed by atoms with E-state index < -0.39 is 0 Å². The van der Waals surface area contributed by atoms with Gasteiger partial charge in [0.15, 0.2) is 0 Å². The molecule has 0 aromatic heterocycles. The number of hydrogen-bond acceptors (Lipinski definition) is 3. The molecule has 0 spiro atoms. The number of nitrogens with one attached hydrogen (secondary N) is 3. The number of carbonyl (C=O) groups is 2. The third-order valence-electron chi connectivity index (χ3n) is 2.96. The summed E-state index contributed by atoms with van der Waals surface area (Å²) in [4.78, 5) is 25.8. The van der Waals surface area contributed by atoms with Crippen molar-refractivity contribution in [1.29, 1.82) is 0 Å². The second-order valence-corrected chi connectivity index (χ2v) is 5.21. The average molecular weight is 294 g/mol. The molecule has 1 fully saturated rings. The zero-order valence-corrected chi connectivity index (χ0v) is 12.1. The first kappa shape index (κ1) is 14.5. The molecule has 3 N–H and O–H groups in total. The molecule has 108 valence electrons. The van der Waals surface area contributed by atoms with Crippen LogP contribution in [0.25, 0.3) is 0 Å². The van der Waals surface area contributed by atoms with Gasteiger partial charge in [0.05, 0.1) is 0 Å². The number of urea groups is 2. The summed E-state index contributed by atoms with van der Waals surface area (Å²) >= 11 is 1.65. The molecule has 2 rings (SSSR count). The molecule has 1 aromatic rings. The van der Waals surface area contributed by atoms with E-state index in [1.165, 1.54) is 0 Å². The van der Waals surface area contributed by atoms with Gasteiger partial charge in [0.2, 0.25) is 0 Å². The lowest BCUT2D eigenvalue weighted by atomic mass is 10.3. The lowest BCUT2D eigenvalue weighted by Crippen LogP contribution is -2.38. The summed E-state index contributed by atoms with van der Waals surface area (Å²) in [6, 6.07) is 7.30. The molecular formula is C13H18N4O2S. The van der Waals surface area contributed by atoms with Crippen LogP contribution in [0, 0.1) is 0 Å². The van der Waals surface area contributed by atoms with Crippen LogP contribution >= 0.6 is 11.8 Å². The van der Waals surface area contributed by atoms with Crippen molar-refractivity contribution in [3.8, 4) is 0 Å². The molecule has 1 aliphatic rings. The highest BCUT2D eigenvalue weighted by Crippen LogP contribution is 2.17. The fraction of sp³-hybridized carbons (Fsp3) is 0.385. The molecule has 6 nitrogen and oxygen atoms in total. The Balaban J connectivity index is 1.70. The Labute approximate surface area is 122 Å². The quantitative estimate of drug-likeness (QED) is 0.722. The summed E-state index contributed by atoms with van der Waals surface area (Å²) in [5.41, 5.74) is 0.749. The van der Waals surface area contributed by atoms with E-state index in [-0.39, 0.29) is 12.1 Å². The first-order chi connectivity index (χ1) is 9.69. The smallest absolute Gasteiger partial charge is 0.319 e. The van der Waals surface area contributed by atoms with Crippen LogP contribution in [-0.4, -0.2) is 49.4 Å². The Kier molecular flexibility index (Phi) is 5.11. The minimum Gasteiger partial charge on any atom is -0.336 e. The summed E-state index contributed by atoms with van der Waals surface area (Å²) in [7, 11) is 0. The molecule has 0 radical (unpaired) electrons. The van der Waals surface area contributed by atoms with E-state index >= 15 is 0 Å². The molecule has 0 aliphatic carbocycles. The van der Waals surface area contributed by atoms with Crippen LogP contribution in [0.1, 0.15) is 0 Å². The van der Waals surface area contributed by atoms with Crippen LogP contribution < -0.4 is 16.0 Å². The van der Waals surface area contributed by atoms with Gasteiger partial charge in [-0.05, 0) is 30.5 Å². The van der Waals surface area contributed by atoms with Crippen molar-refractivity contribution in [2.75, 3.05) is 37.8 Å². The molecule has 1 heterocycles. The van der Waals surface area contributed by atoms with Crippen molar-refractivity contribution in [2.45, 2.75) is 4.90 Å². The average Bonchev–Trinajstić information content (AvgIpc) is 2.85. The van der Waals surface area contributed by atoms with E-state index in [0.717, 1.165) is 10.6 Å². The first-order valence-corrected chi connectivity index (χ1v) is 7.63. The van der Waals surface area contributed by atoms with Crippen molar-refractivity contribution in [1.82, 2.24) is 15.5 Å². The second-order valence-electron chi connectivity index (χ2n) is 4.33. The fourth-order valence-corrected chi connectivity index (χ4v) is 2.29. The van der Waals surface area contributed by atoms with Crippen molar-refractivity contribution in [3.05, 3.63) is 24.3 Å². The second kappa shape index (κ2) is 7.04. The Morgan fingerprint density at radius 1 is 1.40 bits per heavy atom. The molecular weight excluding hydrogens is 276 g/mol. The van der Waals surface area contributed by atoms with Crippen molar-refractivity contribution in [2.24, 2.45) is 0 Å². The minimum absolute atomic E-state index is 0.0696. The van der Waals surface area contributed by atoms with Gasteiger partial charge in [-0.15, -0.1) is 11.8 Å². The van der Waals surface area contributed by atoms with Crippen LogP contribution in [-0.2, 0) is 0 Å². The number of thioether (sulfide) groups is 1. The van der Waals surface area contributed by atoms with Crippen LogP contribution in [0.15, 0.2) is 29.2 Å². The predicted molar refractivity (Wildman–Crippen MR) is 80.2 cm³/mol. The SMILES string of the molecule is CSc1ccc(NC(=O)NCCN2CCNC2=O)cc1. The van der Waals surface area contributed by atoms with Gasteiger partial charge in [0.1, 0.15) is 0 Å². The van der Waals surface area contributed by atoms with Gasteiger partial charge in [-0.3, -0.25) is 0 Å². The lowest BCUT2D eigenvalue weighted by Gasteiger charge is -2.14. The van der Waals surface area contributed by atoms with Crippen LogP contribution in [0.4, 0.5) is 15.3 Å². The van der Waals surface area contributed by atoms with E-state index in [4.69, 9.17) is 0 Å². The normalized spacial score (nSPS) is 14.1. The van der Waals surface area contributed by atoms with Gasteiger partial charge in [-0.1, -0.05) is 0 Å². The molecule has 4 amide bonds. The van der Waals surface area contributed by atoms with Gasteiger partial charge >= 0.3 is 12.1 Å². The van der Waals surface area contributed by atoms with E-state index in [1.54, 1.807) is 16.7 Å². The highest BCUT2D eigenvalue weighted by Gasteiger charge is 2.18. The number of rotatable bonds is 5. The number of anilines is 1. The molecule has 0 atom stereocenters. The number of benzene rings is 1. The molecule has 0 bridgehead atoms. The van der Waals surface area contributed by atoms with Crippen molar-refractivity contribution in [3.63, 3.8) is 0 Å². The van der Waals surface area contributed by atoms with Gasteiger partial charge in [-0.2, -0.15) is 0 Å². The van der Waals surface area contributed by atoms with Gasteiger partial charge in [0.25, 0.3) is 0 Å². The maximum atomic E-state index is 11.7. The molecule has 20 heavy (non-hydrogen) atoms. The molecule has 1 saturated heterocycles. The van der Waals surface area contributed by atoms with Gasteiger partial charge in [-0.25, -0.2) is 9.59 Å². The van der Waals surface area contributed by atoms with E-state index in [2.05, 4.69) is 16.0 Å². The molecule has 0 saturated carbocycles. The first-order valence-electron chi connectivity index (χ1n) is 6.41. The standard InChI is InChI=1S/C13H18N4O2S/c1-20-11-4-2-10(3-5-11)16-12(18)14-6-8-17-9-7-15-13(17)19/h2-5H,6-9H2,1H3,(H,15,19)(H2,14,16,18). The maximum Gasteiger partial charge on any atom is 0.319 e. The third-order valence-corrected chi connectivity index (χ3v) is 3.70. The topological polar surface area (TPSA) is 73.5 Å². The molecule has 1 aromatic carbocycles. The number of hydrogen-bond donors (Lipinski definition) is 3. The highest BCUT2D eigenvalue weighted by molar-refractivity contribution is 7.98. The monoisotopic (exact) mass is 294 g/mol. The summed E-state index contributed by atoms with van der Waals surface area (Å²) in [5, 5.41) is 8.20. The minimum atomic E-state index is -0.262. The summed E-state index contributed by atoms with van der Waals surface area (Å²) in [6.45, 7) is 2.32. The van der Waals surface area contributed by atoms with Crippen LogP contribution in [0.2, 0.25) is 0 Å². The maximum absolute atomic E-state index is 11.7. The summed E-state index contributed by atoms with van der Waals surface area (Å²) < 4.78 is 0. The fourth-order valence-electron chi connectivity index (χ4n) is 1.88. The Hall–Kier alpha value is -1.89. The van der Waals surface area contributed by atoms with Gasteiger partial charge in [0, 0.05) is 36.8 Å². The van der Waals surface area contributed by atoms with Crippen molar-refractivity contribution < 1.29 is 9.59 Å². The molecule has 1 aliphatic heterocycles. The Morgan fingerprint density at radius 2 is 2.15 bits per heavy atom. The van der Waals surface area contributed by atoms with Crippen LogP contribution in [0.5, 0.6) is 0 Å². The van der Waals surface area contributed by atoms with Gasteiger partial charge < -0.3 is 20.9 Å². The zero-order chi connectivity index (χ0) is 14.4. The molecule has 7 heteroatoms. The van der Waals surface area contributed by atoms with Crippen molar-refractivity contribution >= 4 is 29.5 Å². The van der Waals surface area contributed by atoms with Crippen LogP contribution in [0.3, 0.4) is 0 Å². The Bertz CT molecular complexity index is 478. The number of amides is 4. The number of carbonyl (C=O) groups excluding carboxylic acids is 2. The largest absolute Gasteiger partial charge is 0.336 e. The number of nitrogens with zero attached hydrogens (tertiary/aromatic N) is 1. The van der Waals surface area contributed by atoms with E-state index in [9.17, 15) is 9.59 Å². The Morgan fingerprint density at radius 3 is 2.75 bits per heavy atom. The third kappa shape index (κ3) is 4.06. The summed E-state index contributed by atoms with van der Waals surface area (Å²) in [5.74, 6) is 0. The summed E-state index contributed by atoms with van der Waals surface area (Å²) in [6.07, 6.45) is 2.00. The van der Waals surface area contributed by atoms with E-state index in [0.29, 0.717) is 26.2 Å². The highest BCUT2D eigenvalue weighted by atomic mass is 32.2. The predicted octanol–water partition coefficient (Wildman–Crippen LogP) is 1.56. The van der Waals surface area contributed by atoms with E-state index in [1.807, 2.05) is 30.5 Å². The zero-order valence-electron chi connectivity index (χ0n) is 11.3. The molecule has 0 unspecified atom stereocenters. The lowest BCUT2D eigenvalue weighted by molar-refractivity contribution is 0.216.